The van der Waals surface area contributed by atoms with Gasteiger partial charge in [0, 0.05) is 11.7 Å². The summed E-state index contributed by atoms with van der Waals surface area (Å²) < 4.78 is 6.26. The predicted octanol–water partition coefficient (Wildman–Crippen LogP) is 7.29. The summed E-state index contributed by atoms with van der Waals surface area (Å²) >= 11 is 0. The summed E-state index contributed by atoms with van der Waals surface area (Å²) in [6, 6.07) is 12.5. The van der Waals surface area contributed by atoms with E-state index in [2.05, 4.69) is 21.3 Å². The maximum Gasteiger partial charge on any atom is 0.322 e. The Morgan fingerprint density at radius 3 is 2.64 bits per heavy atom. The molecule has 0 unspecified atom stereocenters. The van der Waals surface area contributed by atoms with Crippen molar-refractivity contribution in [3.63, 3.8) is 0 Å². The van der Waals surface area contributed by atoms with Gasteiger partial charge in [0.2, 0.25) is 0 Å². The molecular weight excluding hydrogens is 448 g/mol. The SMILES string of the molecule is Cc1cccc(C)c1NC(=O)N1[C@@H]2CC[C@@H](C2)[C@H]1c1nc2c(OCCC3CCCCC3)cccc2[nH]1. The minimum Gasteiger partial charge on any atom is -0.491 e. The molecule has 0 spiro atoms. The smallest absolute Gasteiger partial charge is 0.322 e. The number of imidazole rings is 1. The van der Waals surface area contributed by atoms with E-state index in [1.165, 1.54) is 32.1 Å². The van der Waals surface area contributed by atoms with E-state index in [1.807, 2.05) is 44.2 Å². The van der Waals surface area contributed by atoms with Crippen LogP contribution in [0.3, 0.4) is 0 Å². The molecule has 2 aliphatic carbocycles. The summed E-state index contributed by atoms with van der Waals surface area (Å²) in [4.78, 5) is 24.3. The lowest BCUT2D eigenvalue weighted by Gasteiger charge is -2.34. The van der Waals surface area contributed by atoms with Crippen molar-refractivity contribution >= 4 is 22.8 Å². The molecule has 1 aromatic heterocycles. The zero-order valence-corrected chi connectivity index (χ0v) is 21.6. The van der Waals surface area contributed by atoms with Gasteiger partial charge in [0.1, 0.15) is 17.1 Å². The lowest BCUT2D eigenvalue weighted by Crippen LogP contribution is -2.43. The molecule has 1 aliphatic heterocycles. The van der Waals surface area contributed by atoms with Gasteiger partial charge >= 0.3 is 6.03 Å². The van der Waals surface area contributed by atoms with Gasteiger partial charge in [-0.1, -0.05) is 56.4 Å². The molecule has 2 saturated carbocycles. The van der Waals surface area contributed by atoms with E-state index in [0.29, 0.717) is 5.92 Å². The second-order valence-corrected chi connectivity index (χ2v) is 11.2. The number of ether oxygens (including phenoxy) is 1. The molecule has 3 aliphatic rings. The van der Waals surface area contributed by atoms with Crippen molar-refractivity contribution in [3.05, 3.63) is 53.3 Å². The number of aromatic amines is 1. The van der Waals surface area contributed by atoms with Crippen LogP contribution in [0.5, 0.6) is 5.75 Å². The molecule has 6 heteroatoms. The highest BCUT2D eigenvalue weighted by molar-refractivity contribution is 5.92. The number of likely N-dealkylation sites (tertiary alicyclic amines) is 1. The van der Waals surface area contributed by atoms with E-state index in [4.69, 9.17) is 9.72 Å². The van der Waals surface area contributed by atoms with Crippen molar-refractivity contribution in [2.45, 2.75) is 83.7 Å². The average molecular weight is 487 g/mol. The average Bonchev–Trinajstić information content (AvgIpc) is 3.61. The third-order valence-corrected chi connectivity index (χ3v) is 8.82. The van der Waals surface area contributed by atoms with Crippen LogP contribution in [0.25, 0.3) is 11.0 Å². The Bertz CT molecular complexity index is 1220. The first-order valence-electron chi connectivity index (χ1n) is 13.9. The third kappa shape index (κ3) is 4.35. The van der Waals surface area contributed by atoms with Gasteiger partial charge in [-0.3, -0.25) is 0 Å². The molecule has 6 nitrogen and oxygen atoms in total. The normalized spacial score (nSPS) is 23.9. The Kier molecular flexibility index (Phi) is 6.36. The van der Waals surface area contributed by atoms with Crippen LogP contribution in [0.15, 0.2) is 36.4 Å². The first-order valence-corrected chi connectivity index (χ1v) is 13.9. The lowest BCUT2D eigenvalue weighted by molar-refractivity contribution is 0.154. The number of anilines is 1. The predicted molar refractivity (Wildman–Crippen MR) is 143 cm³/mol. The molecule has 1 saturated heterocycles. The molecule has 3 fully saturated rings. The molecule has 2 amide bonds. The maximum absolute atomic E-state index is 13.6. The van der Waals surface area contributed by atoms with E-state index in [0.717, 1.165) is 77.6 Å². The van der Waals surface area contributed by atoms with Gasteiger partial charge in [0.05, 0.1) is 18.2 Å². The fourth-order valence-electron chi connectivity index (χ4n) is 6.91. The second-order valence-electron chi connectivity index (χ2n) is 11.2. The molecule has 2 heterocycles. The van der Waals surface area contributed by atoms with Gasteiger partial charge in [-0.2, -0.15) is 0 Å². The van der Waals surface area contributed by atoms with Crippen LogP contribution < -0.4 is 10.1 Å². The van der Waals surface area contributed by atoms with Crippen molar-refractivity contribution in [2.24, 2.45) is 11.8 Å². The highest BCUT2D eigenvalue weighted by atomic mass is 16.5. The highest BCUT2D eigenvalue weighted by Gasteiger charge is 2.50. The molecule has 2 N–H and O–H groups in total. The van der Waals surface area contributed by atoms with Gasteiger partial charge in [0.15, 0.2) is 0 Å². The fraction of sp³-hybridized carbons (Fsp3) is 0.533. The lowest BCUT2D eigenvalue weighted by atomic mass is 9.87. The minimum absolute atomic E-state index is 0.0194. The molecule has 3 atom stereocenters. The van der Waals surface area contributed by atoms with Crippen LogP contribution in [0.2, 0.25) is 0 Å². The number of nitrogens with one attached hydrogen (secondary N) is 2. The Morgan fingerprint density at radius 1 is 1.06 bits per heavy atom. The van der Waals surface area contributed by atoms with E-state index in [9.17, 15) is 4.79 Å². The highest BCUT2D eigenvalue weighted by Crippen LogP contribution is 2.50. The number of aryl methyl sites for hydroxylation is 2. The molecular formula is C30H38N4O2. The van der Waals surface area contributed by atoms with Crippen LogP contribution in [0, 0.1) is 25.7 Å². The van der Waals surface area contributed by atoms with Gasteiger partial charge in [-0.15, -0.1) is 0 Å². The largest absolute Gasteiger partial charge is 0.491 e. The number of urea groups is 1. The van der Waals surface area contributed by atoms with Crippen LogP contribution >= 0.6 is 0 Å². The maximum atomic E-state index is 13.6. The van der Waals surface area contributed by atoms with Gasteiger partial charge in [-0.25, -0.2) is 9.78 Å². The first kappa shape index (κ1) is 23.4. The number of aromatic nitrogens is 2. The second kappa shape index (κ2) is 9.79. The van der Waals surface area contributed by atoms with E-state index < -0.39 is 0 Å². The Morgan fingerprint density at radius 2 is 1.83 bits per heavy atom. The van der Waals surface area contributed by atoms with Crippen LogP contribution in [-0.2, 0) is 0 Å². The number of hydrogen-bond donors (Lipinski definition) is 2. The summed E-state index contributed by atoms with van der Waals surface area (Å²) in [6.45, 7) is 4.83. The van der Waals surface area contributed by atoms with Crippen LogP contribution in [0.1, 0.15) is 80.8 Å². The van der Waals surface area contributed by atoms with Gasteiger partial charge < -0.3 is 19.9 Å². The summed E-state index contributed by atoms with van der Waals surface area (Å²) in [5, 5.41) is 3.23. The minimum atomic E-state index is -0.0319. The number of amides is 2. The molecule has 3 aromatic rings. The number of rotatable bonds is 6. The first-order chi connectivity index (χ1) is 17.6. The zero-order valence-electron chi connectivity index (χ0n) is 21.6. The molecule has 36 heavy (non-hydrogen) atoms. The van der Waals surface area contributed by atoms with E-state index in [-0.39, 0.29) is 18.1 Å². The molecule has 0 radical (unpaired) electrons. The van der Waals surface area contributed by atoms with Crippen molar-refractivity contribution in [1.82, 2.24) is 14.9 Å². The van der Waals surface area contributed by atoms with Crippen molar-refractivity contribution in [1.29, 1.82) is 0 Å². The quantitative estimate of drug-likeness (QED) is 0.384. The number of fused-ring (bicyclic) bond motifs is 3. The van der Waals surface area contributed by atoms with Crippen molar-refractivity contribution in [3.8, 4) is 5.75 Å². The number of hydrogen-bond acceptors (Lipinski definition) is 3. The van der Waals surface area contributed by atoms with Gasteiger partial charge in [-0.05, 0) is 74.6 Å². The number of carbonyl (C=O) groups is 1. The number of piperidine rings is 1. The number of H-pyrrole nitrogens is 1. The number of benzene rings is 2. The molecule has 2 aromatic carbocycles. The van der Waals surface area contributed by atoms with Crippen molar-refractivity contribution in [2.75, 3.05) is 11.9 Å². The zero-order chi connectivity index (χ0) is 24.6. The number of para-hydroxylation sites is 2. The van der Waals surface area contributed by atoms with Crippen molar-refractivity contribution < 1.29 is 9.53 Å². The fourth-order valence-corrected chi connectivity index (χ4v) is 6.91. The number of carbonyl (C=O) groups excluding carboxylic acids is 1. The topological polar surface area (TPSA) is 70.2 Å². The molecule has 6 rings (SSSR count). The number of nitrogens with zero attached hydrogens (tertiary/aromatic N) is 2. The summed E-state index contributed by atoms with van der Waals surface area (Å²) in [5.74, 6) is 2.97. The standard InChI is InChI=1S/C30H38N4O2/c1-19-8-6-9-20(2)26(19)33-30(35)34-23-15-14-22(18-23)28(34)29-31-24-12-7-13-25(27(24)32-29)36-17-16-21-10-4-3-5-11-21/h6-9,12-13,21-23,28H,3-5,10-11,14-18H2,1-2H3,(H,31,32)(H,33,35)/t22-,23+,28-/m0/s1. The van der Waals surface area contributed by atoms with Crippen LogP contribution in [0.4, 0.5) is 10.5 Å². The summed E-state index contributed by atoms with van der Waals surface area (Å²) in [6.07, 6.45) is 11.2. The Balaban J connectivity index is 1.22. The molecule has 190 valence electrons. The summed E-state index contributed by atoms with van der Waals surface area (Å²) in [7, 11) is 0. The van der Waals surface area contributed by atoms with E-state index >= 15 is 0 Å². The molecule has 2 bridgehead atoms. The third-order valence-electron chi connectivity index (χ3n) is 8.82. The monoisotopic (exact) mass is 486 g/mol. The van der Waals surface area contributed by atoms with Gasteiger partial charge in [0.25, 0.3) is 0 Å². The van der Waals surface area contributed by atoms with E-state index in [1.54, 1.807) is 0 Å². The van der Waals surface area contributed by atoms with Crippen LogP contribution in [-0.4, -0.2) is 33.5 Å². The Hall–Kier alpha value is -3.02. The summed E-state index contributed by atoms with van der Waals surface area (Å²) in [5.41, 5.74) is 4.96. The Labute approximate surface area is 213 Å².